The number of para-hydroxylation sites is 1. The van der Waals surface area contributed by atoms with Crippen molar-refractivity contribution < 1.29 is 9.53 Å². The molecule has 1 aliphatic heterocycles. The van der Waals surface area contributed by atoms with Gasteiger partial charge in [-0.15, -0.1) is 0 Å². The van der Waals surface area contributed by atoms with Gasteiger partial charge in [-0.2, -0.15) is 0 Å². The molecule has 1 heterocycles. The molecule has 0 aliphatic carbocycles. The normalized spacial score (nSPS) is 19.1. The van der Waals surface area contributed by atoms with Crippen LogP contribution in [0.4, 0.5) is 10.5 Å². The monoisotopic (exact) mass is 315 g/mol. The number of carbonyl (C=O) groups is 1. The summed E-state index contributed by atoms with van der Waals surface area (Å²) in [5.41, 5.74) is 0.884. The first-order chi connectivity index (χ1) is 7.31. The molecule has 0 N–H and O–H groups in total. The summed E-state index contributed by atoms with van der Waals surface area (Å²) in [6.45, 7) is 0.678. The molecule has 2 rings (SSSR count). The first-order valence-electron chi connectivity index (χ1n) is 4.65. The minimum Gasteiger partial charge on any atom is -0.414 e. The highest BCUT2D eigenvalue weighted by Crippen LogP contribution is 2.22. The van der Waals surface area contributed by atoms with Gasteiger partial charge < -0.3 is 4.74 Å². The molecule has 1 amide bonds. The summed E-state index contributed by atoms with van der Waals surface area (Å²) in [4.78, 5) is 13.3. The van der Waals surface area contributed by atoms with Crippen molar-refractivity contribution in [2.24, 2.45) is 0 Å². The Morgan fingerprint density at radius 3 is 2.67 bits per heavy atom. The Labute approximate surface area is 102 Å². The second-order valence-electron chi connectivity index (χ2n) is 3.18. The number of cyclic esters (lactones) is 1. The van der Waals surface area contributed by atoms with Crippen molar-refractivity contribution in [3.63, 3.8) is 0 Å². The third kappa shape index (κ3) is 2.31. The second-order valence-corrected chi connectivity index (χ2v) is 3.80. The van der Waals surface area contributed by atoms with Gasteiger partial charge in [-0.25, -0.2) is 4.79 Å². The molecule has 78 valence electrons. The van der Waals surface area contributed by atoms with E-state index in [1.807, 2.05) is 30.3 Å². The van der Waals surface area contributed by atoms with Crippen molar-refractivity contribution in [1.82, 2.24) is 0 Å². The number of rotatable bonds is 1. The molecule has 0 spiro atoms. The van der Waals surface area contributed by atoms with E-state index < -0.39 is 0 Å². The van der Waals surface area contributed by atoms with Gasteiger partial charge >= 0.3 is 6.09 Å². The zero-order chi connectivity index (χ0) is 10.7. The van der Waals surface area contributed by atoms with E-state index in [2.05, 4.69) is 22.6 Å². The van der Waals surface area contributed by atoms with E-state index in [0.29, 0.717) is 6.54 Å². The number of benzene rings is 1. The van der Waals surface area contributed by atoms with E-state index in [1.54, 1.807) is 8.98 Å². The van der Waals surface area contributed by atoms with Crippen LogP contribution in [0.1, 0.15) is 6.42 Å². The van der Waals surface area contributed by atoms with Crippen LogP contribution in [-0.4, -0.2) is 12.6 Å². The van der Waals surface area contributed by atoms with Gasteiger partial charge in [-0.05, 0) is 34.7 Å². The maximum atomic E-state index is 11.6. The molecular formula is C11H10INO2. The Hall–Kier alpha value is -1.04. The van der Waals surface area contributed by atoms with Gasteiger partial charge in [0, 0.05) is 22.7 Å². The van der Waals surface area contributed by atoms with Crippen molar-refractivity contribution >= 4 is 34.4 Å². The van der Waals surface area contributed by atoms with E-state index in [1.165, 1.54) is 0 Å². The molecule has 0 bridgehead atoms. The van der Waals surface area contributed by atoms with Crippen LogP contribution in [0.25, 0.3) is 0 Å². The molecule has 1 aromatic rings. The number of anilines is 1. The van der Waals surface area contributed by atoms with Crippen LogP contribution in [0.3, 0.4) is 0 Å². The number of nitrogens with zero attached hydrogens (tertiary/aromatic N) is 1. The van der Waals surface area contributed by atoms with Crippen LogP contribution < -0.4 is 4.90 Å². The molecule has 3 nitrogen and oxygen atoms in total. The Morgan fingerprint density at radius 2 is 2.07 bits per heavy atom. The molecule has 0 saturated carbocycles. The minimum absolute atomic E-state index is 0.296. The third-order valence-electron chi connectivity index (χ3n) is 2.21. The number of halogens is 1. The summed E-state index contributed by atoms with van der Waals surface area (Å²) in [5, 5.41) is 0. The molecular weight excluding hydrogens is 305 g/mol. The number of amides is 1. The molecule has 1 aliphatic rings. The lowest BCUT2D eigenvalue weighted by Gasteiger charge is -2.27. The van der Waals surface area contributed by atoms with Crippen LogP contribution in [0.15, 0.2) is 40.2 Å². The summed E-state index contributed by atoms with van der Waals surface area (Å²) >= 11 is 2.08. The molecule has 1 saturated heterocycles. The fraction of sp³-hybridized carbons (Fsp3) is 0.182. The van der Waals surface area contributed by atoms with Gasteiger partial charge in [0.05, 0.1) is 0 Å². The van der Waals surface area contributed by atoms with Crippen molar-refractivity contribution in [1.29, 1.82) is 0 Å². The zero-order valence-corrected chi connectivity index (χ0v) is 10.2. The van der Waals surface area contributed by atoms with Crippen LogP contribution in [0, 0.1) is 0 Å². The molecule has 15 heavy (non-hydrogen) atoms. The topological polar surface area (TPSA) is 29.5 Å². The molecule has 1 aromatic carbocycles. The maximum absolute atomic E-state index is 11.6. The van der Waals surface area contributed by atoms with Crippen molar-refractivity contribution in [2.75, 3.05) is 11.4 Å². The van der Waals surface area contributed by atoms with Gasteiger partial charge in [-0.3, -0.25) is 4.90 Å². The smallest absolute Gasteiger partial charge is 0.414 e. The average Bonchev–Trinajstić information content (AvgIpc) is 2.30. The fourth-order valence-electron chi connectivity index (χ4n) is 1.45. The third-order valence-corrected chi connectivity index (χ3v) is 2.90. The Balaban J connectivity index is 2.17. The fourth-order valence-corrected chi connectivity index (χ4v) is 1.89. The highest BCUT2D eigenvalue weighted by molar-refractivity contribution is 14.1. The van der Waals surface area contributed by atoms with Crippen molar-refractivity contribution in [2.45, 2.75) is 6.42 Å². The van der Waals surface area contributed by atoms with E-state index in [-0.39, 0.29) is 6.09 Å². The van der Waals surface area contributed by atoms with Gasteiger partial charge in [0.25, 0.3) is 0 Å². The van der Waals surface area contributed by atoms with Gasteiger partial charge in [-0.1, -0.05) is 18.2 Å². The van der Waals surface area contributed by atoms with Gasteiger partial charge in [0.15, 0.2) is 0 Å². The van der Waals surface area contributed by atoms with Crippen molar-refractivity contribution in [3.8, 4) is 0 Å². The van der Waals surface area contributed by atoms with Crippen LogP contribution in [0.2, 0.25) is 0 Å². The molecule has 1 fully saturated rings. The van der Waals surface area contributed by atoms with Crippen LogP contribution in [0.5, 0.6) is 0 Å². The van der Waals surface area contributed by atoms with E-state index in [4.69, 9.17) is 4.74 Å². The van der Waals surface area contributed by atoms with Crippen LogP contribution >= 0.6 is 22.6 Å². The first kappa shape index (κ1) is 10.5. The maximum Gasteiger partial charge on any atom is 0.419 e. The lowest BCUT2D eigenvalue weighted by Crippen LogP contribution is -2.36. The summed E-state index contributed by atoms with van der Waals surface area (Å²) in [5.74, 6) is 0.743. The number of hydrogen-bond acceptors (Lipinski definition) is 2. The lowest BCUT2D eigenvalue weighted by atomic mass is 10.2. The highest BCUT2D eigenvalue weighted by atomic mass is 127. The SMILES string of the molecule is O=C1O/C(=C/I)CCN1c1ccccc1. The molecule has 0 unspecified atom stereocenters. The summed E-state index contributed by atoms with van der Waals surface area (Å²) in [6, 6.07) is 9.55. The van der Waals surface area contributed by atoms with E-state index in [9.17, 15) is 4.79 Å². The second kappa shape index (κ2) is 4.65. The lowest BCUT2D eigenvalue weighted by molar-refractivity contribution is 0.172. The molecule has 0 aromatic heterocycles. The van der Waals surface area contributed by atoms with Gasteiger partial charge in [0.1, 0.15) is 5.76 Å². The predicted octanol–water partition coefficient (Wildman–Crippen LogP) is 3.31. The summed E-state index contributed by atoms with van der Waals surface area (Å²) in [7, 11) is 0. The molecule has 4 heteroatoms. The molecule has 0 atom stereocenters. The van der Waals surface area contributed by atoms with E-state index >= 15 is 0 Å². The van der Waals surface area contributed by atoms with Crippen LogP contribution in [-0.2, 0) is 4.74 Å². The largest absolute Gasteiger partial charge is 0.419 e. The summed E-state index contributed by atoms with van der Waals surface area (Å²) in [6.07, 6.45) is 0.471. The average molecular weight is 315 g/mol. The van der Waals surface area contributed by atoms with E-state index in [0.717, 1.165) is 17.9 Å². The quantitative estimate of drug-likeness (QED) is 0.744. The Kier molecular flexibility index (Phi) is 3.25. The number of hydrogen-bond donors (Lipinski definition) is 0. The Bertz CT molecular complexity index is 389. The predicted molar refractivity (Wildman–Crippen MR) is 67.0 cm³/mol. The minimum atomic E-state index is -0.296. The van der Waals surface area contributed by atoms with Gasteiger partial charge in [0.2, 0.25) is 0 Å². The molecule has 0 radical (unpaired) electrons. The highest BCUT2D eigenvalue weighted by Gasteiger charge is 2.23. The zero-order valence-electron chi connectivity index (χ0n) is 8.02. The summed E-state index contributed by atoms with van der Waals surface area (Å²) < 4.78 is 6.95. The number of ether oxygens (including phenoxy) is 1. The van der Waals surface area contributed by atoms with Crippen molar-refractivity contribution in [3.05, 3.63) is 40.2 Å². The Morgan fingerprint density at radius 1 is 1.33 bits per heavy atom. The number of carbonyl (C=O) groups excluding carboxylic acids is 1. The standard InChI is InChI=1S/C11H10INO2/c12-8-10-6-7-13(11(14)15-10)9-4-2-1-3-5-9/h1-5,8H,6-7H2/b10-8+. The first-order valence-corrected chi connectivity index (χ1v) is 5.89.